The smallest absolute Gasteiger partial charge is 0.243 e. The molecule has 0 saturated heterocycles. The molecule has 0 aliphatic carbocycles. The Labute approximate surface area is 303 Å². The molecule has 0 spiro atoms. The van der Waals surface area contributed by atoms with Crippen LogP contribution in [0.4, 0.5) is 0 Å². The monoisotopic (exact) mass is 711 g/mol. The van der Waals surface area contributed by atoms with Crippen LogP contribution in [0.1, 0.15) is 50.7 Å². The van der Waals surface area contributed by atoms with Crippen molar-refractivity contribution in [2.24, 2.45) is 27.2 Å². The van der Waals surface area contributed by atoms with Gasteiger partial charge in [-0.3, -0.25) is 29.0 Å². The number of nitrogens with two attached hydrogens (primary N) is 3. The fourth-order valence-electron chi connectivity index (χ4n) is 5.70. The highest BCUT2D eigenvalue weighted by atomic mass is 16.2. The SMILES string of the molecule is CC(C)(N)C(=O)N[C@H](C[C@@H]1C=NC=N1)C(=O)N[C@@H](Cc1ccc2ccccc2c1)C(=O)N[C@@H](Cc1ccccc1)C(=O)N[C@@H](CCCCN)C(N)=O. The van der Waals surface area contributed by atoms with E-state index in [2.05, 4.69) is 31.3 Å². The van der Waals surface area contributed by atoms with Crippen LogP contribution in [0.3, 0.4) is 0 Å². The maximum absolute atomic E-state index is 14.3. The van der Waals surface area contributed by atoms with Gasteiger partial charge in [0, 0.05) is 25.5 Å². The van der Waals surface area contributed by atoms with E-state index < -0.39 is 65.3 Å². The average Bonchev–Trinajstić information content (AvgIpc) is 3.63. The Morgan fingerprint density at radius 2 is 1.33 bits per heavy atom. The molecule has 0 radical (unpaired) electrons. The molecule has 4 rings (SSSR count). The molecule has 3 aromatic rings. The number of nitrogens with one attached hydrogen (secondary N) is 4. The summed E-state index contributed by atoms with van der Waals surface area (Å²) in [6.45, 7) is 3.45. The van der Waals surface area contributed by atoms with Crippen LogP contribution in [0.5, 0.6) is 0 Å². The number of aliphatic imine (C=N–C) groups is 2. The van der Waals surface area contributed by atoms with Crippen molar-refractivity contribution in [1.29, 1.82) is 0 Å². The van der Waals surface area contributed by atoms with E-state index in [4.69, 9.17) is 17.2 Å². The summed E-state index contributed by atoms with van der Waals surface area (Å²) in [5, 5.41) is 13.0. The number of hydrogen-bond donors (Lipinski definition) is 7. The third kappa shape index (κ3) is 11.8. The van der Waals surface area contributed by atoms with Gasteiger partial charge in [0.25, 0.3) is 0 Å². The van der Waals surface area contributed by atoms with Crippen LogP contribution >= 0.6 is 0 Å². The number of carbonyl (C=O) groups is 5. The highest BCUT2D eigenvalue weighted by Gasteiger charge is 2.34. The number of rotatable bonds is 19. The van der Waals surface area contributed by atoms with Crippen LogP contribution in [0.2, 0.25) is 0 Å². The van der Waals surface area contributed by atoms with Gasteiger partial charge < -0.3 is 38.5 Å². The maximum Gasteiger partial charge on any atom is 0.243 e. The minimum Gasteiger partial charge on any atom is -0.368 e. The van der Waals surface area contributed by atoms with Gasteiger partial charge >= 0.3 is 0 Å². The van der Waals surface area contributed by atoms with Crippen molar-refractivity contribution < 1.29 is 24.0 Å². The normalized spacial score (nSPS) is 16.0. The Kier molecular flexibility index (Phi) is 14.1. The molecule has 1 aliphatic heterocycles. The molecule has 14 nitrogen and oxygen atoms in total. The number of unbranched alkanes of at least 4 members (excludes halogenated alkanes) is 1. The number of fused-ring (bicyclic) bond motifs is 1. The zero-order chi connectivity index (χ0) is 37.7. The molecule has 5 atom stereocenters. The lowest BCUT2D eigenvalue weighted by molar-refractivity contribution is -0.135. The van der Waals surface area contributed by atoms with Crippen molar-refractivity contribution >= 4 is 52.9 Å². The average molecular weight is 712 g/mol. The van der Waals surface area contributed by atoms with E-state index in [1.165, 1.54) is 20.2 Å². The molecule has 0 unspecified atom stereocenters. The second kappa shape index (κ2) is 18.7. The topological polar surface area (TPSA) is 236 Å². The Bertz CT molecular complexity index is 1760. The lowest BCUT2D eigenvalue weighted by Crippen LogP contribution is -2.60. The van der Waals surface area contributed by atoms with Gasteiger partial charge in [-0.1, -0.05) is 72.8 Å². The highest BCUT2D eigenvalue weighted by molar-refractivity contribution is 5.97. The van der Waals surface area contributed by atoms with Crippen LogP contribution in [-0.2, 0) is 36.8 Å². The first kappa shape index (κ1) is 39.3. The predicted molar refractivity (Wildman–Crippen MR) is 201 cm³/mol. The maximum atomic E-state index is 14.3. The molecule has 52 heavy (non-hydrogen) atoms. The van der Waals surface area contributed by atoms with Crippen molar-refractivity contribution in [3.63, 3.8) is 0 Å². The van der Waals surface area contributed by atoms with Crippen LogP contribution in [0.15, 0.2) is 82.8 Å². The third-order valence-electron chi connectivity index (χ3n) is 8.68. The molecule has 0 saturated carbocycles. The first-order chi connectivity index (χ1) is 24.8. The molecular formula is C38H49N9O5. The quantitative estimate of drug-likeness (QED) is 0.0882. The molecule has 0 aromatic heterocycles. The van der Waals surface area contributed by atoms with E-state index in [-0.39, 0.29) is 25.7 Å². The van der Waals surface area contributed by atoms with Gasteiger partial charge in [-0.25, -0.2) is 4.99 Å². The van der Waals surface area contributed by atoms with E-state index in [1.54, 1.807) is 6.21 Å². The largest absolute Gasteiger partial charge is 0.368 e. The van der Waals surface area contributed by atoms with Gasteiger partial charge in [0.05, 0.1) is 11.6 Å². The molecule has 276 valence electrons. The zero-order valence-corrected chi connectivity index (χ0v) is 29.6. The molecule has 10 N–H and O–H groups in total. The molecule has 0 bridgehead atoms. The minimum absolute atomic E-state index is 0.0527. The number of hydrogen-bond acceptors (Lipinski definition) is 9. The lowest BCUT2D eigenvalue weighted by Gasteiger charge is -2.28. The molecule has 1 aliphatic rings. The Morgan fingerprint density at radius 1 is 0.731 bits per heavy atom. The van der Waals surface area contributed by atoms with Gasteiger partial charge in [0.2, 0.25) is 29.5 Å². The Hall–Kier alpha value is -5.47. The van der Waals surface area contributed by atoms with Gasteiger partial charge in [-0.15, -0.1) is 0 Å². The molecule has 3 aromatic carbocycles. The number of carbonyl (C=O) groups excluding carboxylic acids is 5. The second-order valence-corrected chi connectivity index (χ2v) is 13.6. The van der Waals surface area contributed by atoms with Crippen molar-refractivity contribution in [1.82, 2.24) is 21.3 Å². The molecule has 14 heteroatoms. The fourth-order valence-corrected chi connectivity index (χ4v) is 5.70. The summed E-state index contributed by atoms with van der Waals surface area (Å²) in [7, 11) is 0. The third-order valence-corrected chi connectivity index (χ3v) is 8.68. The van der Waals surface area contributed by atoms with Crippen molar-refractivity contribution in [2.75, 3.05) is 6.54 Å². The molecule has 0 fully saturated rings. The predicted octanol–water partition coefficient (Wildman–Crippen LogP) is 0.787. The molecule has 1 heterocycles. The van der Waals surface area contributed by atoms with Crippen LogP contribution in [0.25, 0.3) is 10.8 Å². The second-order valence-electron chi connectivity index (χ2n) is 13.6. The standard InChI is InChI=1S/C38H49N9O5/c1-38(2,41)37(52)47-32(21-28-22-42-23-43-28)36(51)46-31(20-25-15-16-26-12-6-7-13-27(26)18-25)35(50)45-30(19-24-10-4-3-5-11-24)34(49)44-29(33(40)48)14-8-9-17-39/h3-7,10-13,15-16,18,22-23,28-32H,8-9,14,17,19-21,39,41H2,1-2H3,(H2,40,48)(H,44,49)(H,45,50)(H,46,51)(H,47,52)/t28-,29+,30+,31+,32-/m1/s1. The highest BCUT2D eigenvalue weighted by Crippen LogP contribution is 2.18. The minimum atomic E-state index is -1.29. The van der Waals surface area contributed by atoms with Crippen LogP contribution < -0.4 is 38.5 Å². The van der Waals surface area contributed by atoms with Crippen molar-refractivity contribution in [2.45, 2.75) is 88.1 Å². The van der Waals surface area contributed by atoms with Gasteiger partial charge in [-0.2, -0.15) is 0 Å². The van der Waals surface area contributed by atoms with E-state index in [0.29, 0.717) is 19.4 Å². The summed E-state index contributed by atoms with van der Waals surface area (Å²) in [5.41, 5.74) is 17.5. The number of primary amides is 1. The summed E-state index contributed by atoms with van der Waals surface area (Å²) >= 11 is 0. The van der Waals surface area contributed by atoms with E-state index in [1.807, 2.05) is 72.8 Å². The number of benzene rings is 3. The molecule has 5 amide bonds. The Balaban J connectivity index is 1.64. The first-order valence-electron chi connectivity index (χ1n) is 17.4. The first-order valence-corrected chi connectivity index (χ1v) is 17.4. The summed E-state index contributed by atoms with van der Waals surface area (Å²) in [5.74, 6) is -3.19. The van der Waals surface area contributed by atoms with E-state index in [9.17, 15) is 24.0 Å². The summed E-state index contributed by atoms with van der Waals surface area (Å²) in [6.07, 6.45) is 4.62. The van der Waals surface area contributed by atoms with E-state index >= 15 is 0 Å². The zero-order valence-electron chi connectivity index (χ0n) is 29.6. The fraction of sp³-hybridized carbons (Fsp3) is 0.395. The number of amides is 5. The summed E-state index contributed by atoms with van der Waals surface area (Å²) in [4.78, 5) is 75.5. The molecular weight excluding hydrogens is 662 g/mol. The number of nitrogens with zero attached hydrogens (tertiary/aromatic N) is 2. The van der Waals surface area contributed by atoms with Gasteiger partial charge in [0.1, 0.15) is 30.5 Å². The van der Waals surface area contributed by atoms with Crippen molar-refractivity contribution in [3.05, 3.63) is 83.9 Å². The van der Waals surface area contributed by atoms with Gasteiger partial charge in [0.15, 0.2) is 0 Å². The lowest BCUT2D eigenvalue weighted by atomic mass is 9.98. The summed E-state index contributed by atoms with van der Waals surface area (Å²) < 4.78 is 0. The van der Waals surface area contributed by atoms with E-state index in [0.717, 1.165) is 21.9 Å². The van der Waals surface area contributed by atoms with Crippen molar-refractivity contribution in [3.8, 4) is 0 Å². The van der Waals surface area contributed by atoms with Crippen LogP contribution in [0, 0.1) is 0 Å². The Morgan fingerprint density at radius 3 is 1.92 bits per heavy atom. The summed E-state index contributed by atoms with van der Waals surface area (Å²) in [6, 6.07) is 17.6. The van der Waals surface area contributed by atoms with Crippen LogP contribution in [-0.4, -0.2) is 84.4 Å². The van der Waals surface area contributed by atoms with Gasteiger partial charge in [-0.05, 0) is 61.6 Å².